The Hall–Kier alpha value is -1.59. The van der Waals surface area contributed by atoms with Crippen molar-refractivity contribution in [3.05, 3.63) is 60.2 Å². The molecule has 1 N–H and O–H groups in total. The number of halogens is 1. The van der Waals surface area contributed by atoms with E-state index in [0.29, 0.717) is 12.8 Å². The van der Waals surface area contributed by atoms with Gasteiger partial charge in [-0.2, -0.15) is 8.42 Å². The zero-order valence-corrected chi connectivity index (χ0v) is 17.4. The minimum atomic E-state index is -3.32. The van der Waals surface area contributed by atoms with Crippen LogP contribution in [-0.4, -0.2) is 57.6 Å². The van der Waals surface area contributed by atoms with Crippen LogP contribution in [0.5, 0.6) is 0 Å². The van der Waals surface area contributed by atoms with Gasteiger partial charge in [-0.1, -0.05) is 12.1 Å². The van der Waals surface area contributed by atoms with Crippen molar-refractivity contribution in [1.29, 1.82) is 0 Å². The molecule has 11 heteroatoms. The van der Waals surface area contributed by atoms with E-state index in [1.54, 1.807) is 18.5 Å². The van der Waals surface area contributed by atoms with E-state index in [1.165, 1.54) is 0 Å². The number of aliphatic hydroxyl groups is 1. The van der Waals surface area contributed by atoms with Crippen molar-refractivity contribution >= 4 is 29.9 Å². The molecule has 0 unspecified atom stereocenters. The summed E-state index contributed by atoms with van der Waals surface area (Å²) >= 11 is 0. The Balaban J connectivity index is 0.000000419. The molecule has 2 rings (SSSR count). The SMILES string of the molecule is CS(=O)(=O)Cl.CS(=O)(=O)OCCc1ccccn1.OCCc1ccccn1. The van der Waals surface area contributed by atoms with E-state index in [4.69, 9.17) is 5.11 Å². The lowest BCUT2D eigenvalue weighted by Gasteiger charge is -1.99. The van der Waals surface area contributed by atoms with Crippen LogP contribution in [-0.2, 0) is 36.2 Å². The first-order valence-electron chi connectivity index (χ1n) is 7.66. The standard InChI is InChI=1S/C8H11NO3S.C7H9NO.CH3ClO2S/c1-13(10,11)12-7-5-8-4-2-3-6-9-8;9-6-4-7-3-1-2-5-8-7;1-5(2,3)4/h2-4,6H,5,7H2,1H3;1-3,5,9H,4,6H2;1H3. The maximum absolute atomic E-state index is 10.6. The minimum absolute atomic E-state index is 0.149. The van der Waals surface area contributed by atoms with Crippen molar-refractivity contribution in [2.24, 2.45) is 0 Å². The lowest BCUT2D eigenvalue weighted by molar-refractivity contribution is 0.298. The van der Waals surface area contributed by atoms with Crippen molar-refractivity contribution in [3.8, 4) is 0 Å². The molecule has 0 aliphatic rings. The number of hydrogen-bond donors (Lipinski definition) is 1. The van der Waals surface area contributed by atoms with E-state index in [1.807, 2.05) is 30.3 Å². The molecule has 8 nitrogen and oxygen atoms in total. The van der Waals surface area contributed by atoms with Crippen molar-refractivity contribution in [3.63, 3.8) is 0 Å². The van der Waals surface area contributed by atoms with Gasteiger partial charge < -0.3 is 5.11 Å². The second-order valence-electron chi connectivity index (χ2n) is 5.07. The Kier molecular flexibility index (Phi) is 12.8. The molecule has 2 aromatic heterocycles. The first-order valence-corrected chi connectivity index (χ1v) is 12.2. The number of aliphatic hydroxyl groups excluding tert-OH is 1. The van der Waals surface area contributed by atoms with Crippen LogP contribution >= 0.6 is 10.7 Å². The molecular formula is C16H23ClN2O6S2. The van der Waals surface area contributed by atoms with Gasteiger partial charge >= 0.3 is 0 Å². The molecule has 27 heavy (non-hydrogen) atoms. The summed E-state index contributed by atoms with van der Waals surface area (Å²) in [5.74, 6) is 0. The Morgan fingerprint density at radius 3 is 1.70 bits per heavy atom. The van der Waals surface area contributed by atoms with E-state index in [9.17, 15) is 16.8 Å². The lowest BCUT2D eigenvalue weighted by Crippen LogP contribution is -2.06. The van der Waals surface area contributed by atoms with Gasteiger partial charge in [0.2, 0.25) is 9.05 Å². The summed E-state index contributed by atoms with van der Waals surface area (Å²) in [6.45, 7) is 0.326. The average Bonchev–Trinajstić information content (AvgIpc) is 2.55. The fourth-order valence-corrected chi connectivity index (χ4v) is 1.89. The van der Waals surface area contributed by atoms with Gasteiger partial charge in [0.05, 0.1) is 19.1 Å². The molecule has 0 fully saturated rings. The summed E-state index contributed by atoms with van der Waals surface area (Å²) in [6.07, 6.45) is 6.51. The fraction of sp³-hybridized carbons (Fsp3) is 0.375. The molecule has 2 aromatic rings. The second-order valence-corrected chi connectivity index (χ2v) is 9.76. The van der Waals surface area contributed by atoms with E-state index >= 15 is 0 Å². The van der Waals surface area contributed by atoms with Crippen LogP contribution in [0, 0.1) is 0 Å². The summed E-state index contributed by atoms with van der Waals surface area (Å²) < 4.78 is 44.5. The molecule has 152 valence electrons. The first kappa shape index (κ1) is 25.4. The topological polar surface area (TPSA) is 124 Å². The van der Waals surface area contributed by atoms with Crippen LogP contribution in [0.4, 0.5) is 0 Å². The molecule has 0 saturated heterocycles. The van der Waals surface area contributed by atoms with Crippen LogP contribution in [0.15, 0.2) is 48.8 Å². The monoisotopic (exact) mass is 438 g/mol. The predicted octanol–water partition coefficient (Wildman–Crippen LogP) is 1.40. The molecular weight excluding hydrogens is 416 g/mol. The molecule has 0 bridgehead atoms. The number of hydrogen-bond acceptors (Lipinski definition) is 8. The van der Waals surface area contributed by atoms with Gasteiger partial charge in [0.15, 0.2) is 0 Å². The third-order valence-electron chi connectivity index (χ3n) is 2.48. The van der Waals surface area contributed by atoms with E-state index in [-0.39, 0.29) is 13.2 Å². The third-order valence-corrected chi connectivity index (χ3v) is 3.07. The number of pyridine rings is 2. The zero-order chi connectivity index (χ0) is 20.8. The van der Waals surface area contributed by atoms with Crippen LogP contribution < -0.4 is 0 Å². The van der Waals surface area contributed by atoms with Gasteiger partial charge in [-0.25, -0.2) is 8.42 Å². The Morgan fingerprint density at radius 1 is 0.926 bits per heavy atom. The highest BCUT2D eigenvalue weighted by atomic mass is 35.7. The molecule has 0 aliphatic heterocycles. The van der Waals surface area contributed by atoms with Crippen LogP contribution in [0.25, 0.3) is 0 Å². The number of nitrogens with zero attached hydrogens (tertiary/aromatic N) is 2. The smallest absolute Gasteiger partial charge is 0.264 e. The van der Waals surface area contributed by atoms with Gasteiger partial charge in [-0.15, -0.1) is 0 Å². The molecule has 0 atom stereocenters. The van der Waals surface area contributed by atoms with Gasteiger partial charge in [-0.3, -0.25) is 14.2 Å². The lowest BCUT2D eigenvalue weighted by atomic mass is 10.3. The Morgan fingerprint density at radius 2 is 1.37 bits per heavy atom. The highest BCUT2D eigenvalue weighted by Gasteiger charge is 2.01. The van der Waals surface area contributed by atoms with Gasteiger partial charge in [0.1, 0.15) is 0 Å². The largest absolute Gasteiger partial charge is 0.396 e. The Labute approximate surface area is 164 Å². The molecule has 0 amide bonds. The maximum Gasteiger partial charge on any atom is 0.264 e. The van der Waals surface area contributed by atoms with Crippen LogP contribution in [0.1, 0.15) is 11.4 Å². The number of rotatable bonds is 6. The zero-order valence-electron chi connectivity index (χ0n) is 15.0. The molecule has 0 aliphatic carbocycles. The van der Waals surface area contributed by atoms with E-state index in [0.717, 1.165) is 23.9 Å². The second kappa shape index (κ2) is 13.6. The summed E-state index contributed by atoms with van der Waals surface area (Å²) in [5.41, 5.74) is 1.77. The molecule has 0 spiro atoms. The maximum atomic E-state index is 10.6. The van der Waals surface area contributed by atoms with Gasteiger partial charge in [0, 0.05) is 53.9 Å². The molecule has 0 saturated carbocycles. The van der Waals surface area contributed by atoms with Crippen molar-refractivity contribution in [1.82, 2.24) is 9.97 Å². The molecule has 2 heterocycles. The highest BCUT2D eigenvalue weighted by molar-refractivity contribution is 8.13. The Bertz CT molecular complexity index is 824. The summed E-state index contributed by atoms with van der Waals surface area (Å²) in [7, 11) is -2.01. The number of aromatic nitrogens is 2. The van der Waals surface area contributed by atoms with Crippen molar-refractivity contribution in [2.45, 2.75) is 12.8 Å². The van der Waals surface area contributed by atoms with Crippen molar-refractivity contribution < 1.29 is 26.1 Å². The fourth-order valence-electron chi connectivity index (χ4n) is 1.50. The van der Waals surface area contributed by atoms with Crippen LogP contribution in [0.3, 0.4) is 0 Å². The predicted molar refractivity (Wildman–Crippen MR) is 104 cm³/mol. The average molecular weight is 439 g/mol. The minimum Gasteiger partial charge on any atom is -0.396 e. The van der Waals surface area contributed by atoms with E-state index < -0.39 is 19.2 Å². The summed E-state index contributed by atoms with van der Waals surface area (Å²) in [5, 5.41) is 8.48. The normalized spacial score (nSPS) is 10.8. The van der Waals surface area contributed by atoms with E-state index in [2.05, 4.69) is 24.8 Å². The quantitative estimate of drug-likeness (QED) is 0.530. The van der Waals surface area contributed by atoms with Gasteiger partial charge in [-0.05, 0) is 24.3 Å². The highest BCUT2D eigenvalue weighted by Crippen LogP contribution is 1.96. The molecule has 0 radical (unpaired) electrons. The summed E-state index contributed by atoms with van der Waals surface area (Å²) in [4.78, 5) is 8.03. The summed E-state index contributed by atoms with van der Waals surface area (Å²) in [6, 6.07) is 11.2. The van der Waals surface area contributed by atoms with Gasteiger partial charge in [0.25, 0.3) is 10.1 Å². The molecule has 0 aromatic carbocycles. The van der Waals surface area contributed by atoms with Crippen LogP contribution in [0.2, 0.25) is 0 Å². The third kappa shape index (κ3) is 20.6. The van der Waals surface area contributed by atoms with Crippen molar-refractivity contribution in [2.75, 3.05) is 25.7 Å². The first-order chi connectivity index (χ1) is 12.5.